The molecule has 0 saturated heterocycles. The molecule has 0 aliphatic heterocycles. The van der Waals surface area contributed by atoms with Gasteiger partial charge in [0, 0.05) is 25.8 Å². The molecule has 0 radical (unpaired) electrons. The quantitative estimate of drug-likeness (QED) is 0.790. The molecular formula is C12H20N2. The lowest BCUT2D eigenvalue weighted by Gasteiger charge is -2.23. The molecule has 0 amide bonds. The van der Waals surface area contributed by atoms with Crippen LogP contribution in [0.3, 0.4) is 0 Å². The largest absolute Gasteiger partial charge is 0.373 e. The molecule has 2 heteroatoms. The molecule has 0 saturated carbocycles. The van der Waals surface area contributed by atoms with Crippen LogP contribution in [0.15, 0.2) is 18.2 Å². The first-order valence-corrected chi connectivity index (χ1v) is 5.20. The van der Waals surface area contributed by atoms with E-state index in [1.165, 1.54) is 16.8 Å². The zero-order chi connectivity index (χ0) is 10.6. The van der Waals surface area contributed by atoms with Gasteiger partial charge in [0.1, 0.15) is 0 Å². The van der Waals surface area contributed by atoms with Crippen LogP contribution in [0.5, 0.6) is 0 Å². The van der Waals surface area contributed by atoms with Crippen molar-refractivity contribution < 1.29 is 0 Å². The number of hydrogen-bond donors (Lipinski definition) is 1. The lowest BCUT2D eigenvalue weighted by molar-refractivity contribution is 0.872. The van der Waals surface area contributed by atoms with Crippen molar-refractivity contribution in [2.45, 2.75) is 20.3 Å². The first-order chi connectivity index (χ1) is 6.70. The molecule has 0 atom stereocenters. The summed E-state index contributed by atoms with van der Waals surface area (Å²) in [5.74, 6) is 0. The zero-order valence-electron chi connectivity index (χ0n) is 9.38. The van der Waals surface area contributed by atoms with E-state index in [2.05, 4.69) is 44.0 Å². The molecule has 78 valence electrons. The molecule has 0 spiro atoms. The summed E-state index contributed by atoms with van der Waals surface area (Å²) < 4.78 is 0. The van der Waals surface area contributed by atoms with Gasteiger partial charge in [0.25, 0.3) is 0 Å². The summed E-state index contributed by atoms with van der Waals surface area (Å²) in [5, 5.41) is 0. The van der Waals surface area contributed by atoms with E-state index in [4.69, 9.17) is 5.73 Å². The molecule has 1 aromatic rings. The summed E-state index contributed by atoms with van der Waals surface area (Å²) in [4.78, 5) is 2.24. The predicted molar refractivity (Wildman–Crippen MR) is 62.9 cm³/mol. The fourth-order valence-corrected chi connectivity index (χ4v) is 1.86. The average Bonchev–Trinajstić information content (AvgIpc) is 2.17. The highest BCUT2D eigenvalue weighted by molar-refractivity contribution is 5.58. The standard InChI is InChI=1S/C12H20N2/c1-4-11-7-5-6-10(2)12(11)14(3)9-8-13/h5-7H,4,8-9,13H2,1-3H3. The maximum Gasteiger partial charge on any atom is 0.0426 e. The molecule has 0 aliphatic rings. The van der Waals surface area contributed by atoms with E-state index in [0.717, 1.165) is 13.0 Å². The number of aryl methyl sites for hydroxylation is 2. The van der Waals surface area contributed by atoms with Crippen LogP contribution in [0.2, 0.25) is 0 Å². The van der Waals surface area contributed by atoms with E-state index < -0.39 is 0 Å². The number of benzene rings is 1. The van der Waals surface area contributed by atoms with Crippen LogP contribution in [0.25, 0.3) is 0 Å². The van der Waals surface area contributed by atoms with E-state index in [1.54, 1.807) is 0 Å². The van der Waals surface area contributed by atoms with Crippen LogP contribution in [0, 0.1) is 6.92 Å². The second kappa shape index (κ2) is 5.01. The van der Waals surface area contributed by atoms with Crippen molar-refractivity contribution in [2.75, 3.05) is 25.0 Å². The summed E-state index contributed by atoms with van der Waals surface area (Å²) in [6.45, 7) is 5.96. The summed E-state index contributed by atoms with van der Waals surface area (Å²) in [6, 6.07) is 6.46. The monoisotopic (exact) mass is 192 g/mol. The maximum atomic E-state index is 5.57. The summed E-state index contributed by atoms with van der Waals surface area (Å²) in [5.41, 5.74) is 9.65. The third-order valence-corrected chi connectivity index (χ3v) is 2.55. The minimum absolute atomic E-state index is 0.702. The number of para-hydroxylation sites is 1. The van der Waals surface area contributed by atoms with Crippen molar-refractivity contribution in [3.63, 3.8) is 0 Å². The van der Waals surface area contributed by atoms with Gasteiger partial charge in [0.2, 0.25) is 0 Å². The minimum Gasteiger partial charge on any atom is -0.373 e. The number of hydrogen-bond acceptors (Lipinski definition) is 2. The predicted octanol–water partition coefficient (Wildman–Crippen LogP) is 1.95. The summed E-state index contributed by atoms with van der Waals surface area (Å²) >= 11 is 0. The summed E-state index contributed by atoms with van der Waals surface area (Å²) in [7, 11) is 2.11. The van der Waals surface area contributed by atoms with E-state index in [1.807, 2.05) is 0 Å². The topological polar surface area (TPSA) is 29.3 Å². The smallest absolute Gasteiger partial charge is 0.0426 e. The van der Waals surface area contributed by atoms with Crippen LogP contribution >= 0.6 is 0 Å². The van der Waals surface area contributed by atoms with Crippen molar-refractivity contribution in [1.29, 1.82) is 0 Å². The van der Waals surface area contributed by atoms with E-state index in [9.17, 15) is 0 Å². The number of nitrogens with two attached hydrogens (primary N) is 1. The highest BCUT2D eigenvalue weighted by atomic mass is 15.1. The lowest BCUT2D eigenvalue weighted by Crippen LogP contribution is -2.26. The Balaban J connectivity index is 3.03. The minimum atomic E-state index is 0.702. The molecule has 0 bridgehead atoms. The molecule has 2 N–H and O–H groups in total. The van der Waals surface area contributed by atoms with Gasteiger partial charge in [-0.3, -0.25) is 0 Å². The second-order valence-corrected chi connectivity index (χ2v) is 3.65. The van der Waals surface area contributed by atoms with Crippen molar-refractivity contribution in [2.24, 2.45) is 5.73 Å². The Morgan fingerprint density at radius 3 is 2.64 bits per heavy atom. The fraction of sp³-hybridized carbons (Fsp3) is 0.500. The van der Waals surface area contributed by atoms with Crippen LogP contribution in [-0.2, 0) is 6.42 Å². The van der Waals surface area contributed by atoms with E-state index >= 15 is 0 Å². The van der Waals surface area contributed by atoms with Gasteiger partial charge in [0.15, 0.2) is 0 Å². The fourth-order valence-electron chi connectivity index (χ4n) is 1.86. The van der Waals surface area contributed by atoms with Gasteiger partial charge in [-0.2, -0.15) is 0 Å². The Bertz CT molecular complexity index is 294. The SMILES string of the molecule is CCc1cccc(C)c1N(C)CCN. The number of anilines is 1. The van der Waals surface area contributed by atoms with Crippen molar-refractivity contribution in [3.8, 4) is 0 Å². The average molecular weight is 192 g/mol. The second-order valence-electron chi connectivity index (χ2n) is 3.65. The van der Waals surface area contributed by atoms with E-state index in [0.29, 0.717) is 6.54 Å². The number of likely N-dealkylation sites (N-methyl/N-ethyl adjacent to an activating group) is 1. The van der Waals surface area contributed by atoms with Gasteiger partial charge in [-0.05, 0) is 24.5 Å². The molecule has 0 unspecified atom stereocenters. The highest BCUT2D eigenvalue weighted by Gasteiger charge is 2.07. The molecule has 0 aliphatic carbocycles. The molecule has 1 rings (SSSR count). The van der Waals surface area contributed by atoms with Crippen LogP contribution in [-0.4, -0.2) is 20.1 Å². The van der Waals surface area contributed by atoms with Gasteiger partial charge >= 0.3 is 0 Å². The molecule has 14 heavy (non-hydrogen) atoms. The Morgan fingerprint density at radius 2 is 2.07 bits per heavy atom. The first kappa shape index (κ1) is 11.1. The molecule has 0 heterocycles. The van der Waals surface area contributed by atoms with Crippen molar-refractivity contribution in [3.05, 3.63) is 29.3 Å². The Hall–Kier alpha value is -1.02. The van der Waals surface area contributed by atoms with E-state index in [-0.39, 0.29) is 0 Å². The van der Waals surface area contributed by atoms with Crippen LogP contribution in [0.1, 0.15) is 18.1 Å². The van der Waals surface area contributed by atoms with Crippen molar-refractivity contribution >= 4 is 5.69 Å². The van der Waals surface area contributed by atoms with Crippen molar-refractivity contribution in [1.82, 2.24) is 0 Å². The molecule has 2 nitrogen and oxygen atoms in total. The maximum absolute atomic E-state index is 5.57. The third-order valence-electron chi connectivity index (χ3n) is 2.55. The Kier molecular flexibility index (Phi) is 3.96. The van der Waals surface area contributed by atoms with Gasteiger partial charge in [-0.25, -0.2) is 0 Å². The van der Waals surface area contributed by atoms with Gasteiger partial charge in [-0.1, -0.05) is 25.1 Å². The molecular weight excluding hydrogens is 172 g/mol. The van der Waals surface area contributed by atoms with Gasteiger partial charge < -0.3 is 10.6 Å². The van der Waals surface area contributed by atoms with Gasteiger partial charge in [-0.15, -0.1) is 0 Å². The molecule has 0 fully saturated rings. The van der Waals surface area contributed by atoms with Crippen LogP contribution in [0.4, 0.5) is 5.69 Å². The number of nitrogens with zero attached hydrogens (tertiary/aromatic N) is 1. The Morgan fingerprint density at radius 1 is 1.36 bits per heavy atom. The normalized spacial score (nSPS) is 10.3. The molecule has 0 aromatic heterocycles. The van der Waals surface area contributed by atoms with Crippen LogP contribution < -0.4 is 10.6 Å². The molecule has 1 aromatic carbocycles. The zero-order valence-corrected chi connectivity index (χ0v) is 9.38. The lowest BCUT2D eigenvalue weighted by atomic mass is 10.1. The highest BCUT2D eigenvalue weighted by Crippen LogP contribution is 2.24. The summed E-state index contributed by atoms with van der Waals surface area (Å²) in [6.07, 6.45) is 1.08. The Labute approximate surface area is 86.7 Å². The van der Waals surface area contributed by atoms with Gasteiger partial charge in [0.05, 0.1) is 0 Å². The third kappa shape index (κ3) is 2.26. The first-order valence-electron chi connectivity index (χ1n) is 5.20. The number of rotatable bonds is 4.